The van der Waals surface area contributed by atoms with Crippen molar-refractivity contribution in [1.82, 2.24) is 5.32 Å². The molecule has 22 heavy (non-hydrogen) atoms. The maximum atomic E-state index is 12.9. The Morgan fingerprint density at radius 3 is 2.45 bits per heavy atom. The lowest BCUT2D eigenvalue weighted by Gasteiger charge is -2.14. The number of nitrogens with one attached hydrogen (secondary N) is 1. The van der Waals surface area contributed by atoms with Crippen molar-refractivity contribution in [2.24, 2.45) is 5.73 Å². The molecule has 0 spiro atoms. The molecule has 0 unspecified atom stereocenters. The van der Waals surface area contributed by atoms with Crippen LogP contribution in [0.4, 0.5) is 8.78 Å². The number of carbonyl (C=O) groups is 1. The first-order valence-corrected chi connectivity index (χ1v) is 7.07. The maximum absolute atomic E-state index is 12.9. The van der Waals surface area contributed by atoms with Gasteiger partial charge in [-0.1, -0.05) is 19.8 Å². The predicted molar refractivity (Wildman–Crippen MR) is 85.0 cm³/mol. The van der Waals surface area contributed by atoms with Crippen LogP contribution in [0, 0.1) is 0 Å². The molecule has 1 rings (SSSR count). The third kappa shape index (κ3) is 7.56. The Kier molecular flexibility index (Phi) is 9.69. The normalized spacial score (nSPS) is 10.7. The molecule has 1 aromatic rings. The zero-order valence-electron chi connectivity index (χ0n) is 12.6. The summed E-state index contributed by atoms with van der Waals surface area (Å²) in [6.45, 7) is 1.18. The second-order valence-corrected chi connectivity index (χ2v) is 4.82. The van der Waals surface area contributed by atoms with E-state index in [9.17, 15) is 13.6 Å². The molecule has 0 aliphatic rings. The van der Waals surface area contributed by atoms with Gasteiger partial charge in [0, 0.05) is 5.56 Å². The Balaban J connectivity index is 0.00000441. The molecule has 7 heteroatoms. The fraction of sp³-hybridized carbons (Fsp3) is 0.533. The summed E-state index contributed by atoms with van der Waals surface area (Å²) in [6, 6.07) is 6.40. The van der Waals surface area contributed by atoms with Gasteiger partial charge in [0.15, 0.2) is 0 Å². The molecule has 0 radical (unpaired) electrons. The molecule has 126 valence electrons. The van der Waals surface area contributed by atoms with E-state index < -0.39 is 24.9 Å². The van der Waals surface area contributed by atoms with Gasteiger partial charge in [0.25, 0.3) is 11.8 Å². The Morgan fingerprint density at radius 2 is 1.91 bits per heavy atom. The summed E-state index contributed by atoms with van der Waals surface area (Å²) in [5.74, 6) is -2.98. The number of halogens is 3. The smallest absolute Gasteiger partial charge is 0.277 e. The maximum Gasteiger partial charge on any atom is 0.277 e. The quantitative estimate of drug-likeness (QED) is 0.681. The van der Waals surface area contributed by atoms with E-state index in [4.69, 9.17) is 10.5 Å². The number of nitrogens with two attached hydrogens (primary N) is 1. The Labute approximate surface area is 135 Å². The van der Waals surface area contributed by atoms with Gasteiger partial charge in [0.2, 0.25) is 0 Å². The minimum Gasteiger partial charge on any atom is -0.494 e. The molecule has 3 N–H and O–H groups in total. The van der Waals surface area contributed by atoms with Crippen LogP contribution in [0.1, 0.15) is 36.5 Å². The lowest BCUT2D eigenvalue weighted by atomic mass is 10.2. The molecule has 1 aromatic carbocycles. The van der Waals surface area contributed by atoms with Crippen molar-refractivity contribution >= 4 is 18.3 Å². The summed E-state index contributed by atoms with van der Waals surface area (Å²) in [6.07, 6.45) is 3.21. The first-order chi connectivity index (χ1) is 9.98. The van der Waals surface area contributed by atoms with Gasteiger partial charge in [-0.05, 0) is 30.7 Å². The van der Waals surface area contributed by atoms with Crippen molar-refractivity contribution in [2.45, 2.75) is 32.1 Å². The van der Waals surface area contributed by atoms with E-state index in [1.54, 1.807) is 24.3 Å². The van der Waals surface area contributed by atoms with Crippen LogP contribution in [0.25, 0.3) is 0 Å². The van der Waals surface area contributed by atoms with Gasteiger partial charge in [-0.25, -0.2) is 8.78 Å². The lowest BCUT2D eigenvalue weighted by molar-refractivity contribution is 0.0118. The molecule has 4 nitrogen and oxygen atoms in total. The highest BCUT2D eigenvalue weighted by molar-refractivity contribution is 5.94. The van der Waals surface area contributed by atoms with Crippen LogP contribution in [0.15, 0.2) is 24.3 Å². The second kappa shape index (κ2) is 10.3. The molecule has 0 aliphatic carbocycles. The molecule has 0 aliphatic heterocycles. The number of hydrogen-bond acceptors (Lipinski definition) is 3. The van der Waals surface area contributed by atoms with Crippen molar-refractivity contribution in [3.8, 4) is 5.75 Å². The molecule has 1 amide bonds. The number of hydrogen-bond donors (Lipinski definition) is 2. The topological polar surface area (TPSA) is 64.3 Å². The first kappa shape index (κ1) is 20.6. The largest absolute Gasteiger partial charge is 0.494 e. The molecular weight excluding hydrogens is 314 g/mol. The van der Waals surface area contributed by atoms with Gasteiger partial charge in [-0.3, -0.25) is 4.79 Å². The van der Waals surface area contributed by atoms with Gasteiger partial charge < -0.3 is 15.8 Å². The van der Waals surface area contributed by atoms with Crippen LogP contribution in [-0.2, 0) is 0 Å². The average molecular weight is 337 g/mol. The fourth-order valence-electron chi connectivity index (χ4n) is 1.63. The van der Waals surface area contributed by atoms with E-state index in [0.29, 0.717) is 17.9 Å². The van der Waals surface area contributed by atoms with Crippen LogP contribution in [-0.4, -0.2) is 31.5 Å². The van der Waals surface area contributed by atoms with E-state index in [-0.39, 0.29) is 12.4 Å². The number of amides is 1. The standard InChI is InChI=1S/C15H22F2N2O2.ClH/c1-2-3-4-9-21-13-7-5-12(6-8-13)14(20)19-11-15(16,17)10-18;/h5-8H,2-4,9-11,18H2,1H3,(H,19,20);1H. The molecule has 0 saturated heterocycles. The molecular formula is C15H23ClF2N2O2. The van der Waals surface area contributed by atoms with Crippen molar-refractivity contribution in [3.05, 3.63) is 29.8 Å². The summed E-state index contributed by atoms with van der Waals surface area (Å²) in [5, 5.41) is 2.16. The summed E-state index contributed by atoms with van der Waals surface area (Å²) in [4.78, 5) is 11.7. The van der Waals surface area contributed by atoms with Gasteiger partial charge in [0.1, 0.15) is 5.75 Å². The molecule has 0 atom stereocenters. The van der Waals surface area contributed by atoms with E-state index in [1.165, 1.54) is 0 Å². The van der Waals surface area contributed by atoms with E-state index >= 15 is 0 Å². The number of ether oxygens (including phenoxy) is 1. The third-order valence-electron chi connectivity index (χ3n) is 2.94. The highest BCUT2D eigenvalue weighted by atomic mass is 35.5. The average Bonchev–Trinajstić information content (AvgIpc) is 2.50. The van der Waals surface area contributed by atoms with Gasteiger partial charge in [-0.15, -0.1) is 12.4 Å². The molecule has 0 bridgehead atoms. The summed E-state index contributed by atoms with van der Waals surface area (Å²) >= 11 is 0. The highest BCUT2D eigenvalue weighted by Gasteiger charge is 2.27. The molecule has 0 saturated carbocycles. The number of carbonyl (C=O) groups excluding carboxylic acids is 1. The fourth-order valence-corrected chi connectivity index (χ4v) is 1.63. The summed E-state index contributed by atoms with van der Waals surface area (Å²) in [5.41, 5.74) is 5.21. The Bertz CT molecular complexity index is 442. The van der Waals surface area contributed by atoms with E-state index in [0.717, 1.165) is 19.3 Å². The van der Waals surface area contributed by atoms with E-state index in [2.05, 4.69) is 12.2 Å². The Hall–Kier alpha value is -1.40. The highest BCUT2D eigenvalue weighted by Crippen LogP contribution is 2.14. The minimum absolute atomic E-state index is 0. The predicted octanol–water partition coefficient (Wildman–Crippen LogP) is 3.00. The Morgan fingerprint density at radius 1 is 1.27 bits per heavy atom. The summed E-state index contributed by atoms with van der Waals surface area (Å²) < 4.78 is 31.4. The van der Waals surface area contributed by atoms with Gasteiger partial charge in [0.05, 0.1) is 19.7 Å². The van der Waals surface area contributed by atoms with Gasteiger partial charge in [-0.2, -0.15) is 0 Å². The SMILES string of the molecule is CCCCCOc1ccc(C(=O)NCC(F)(F)CN)cc1.Cl. The van der Waals surface area contributed by atoms with Crippen LogP contribution in [0.2, 0.25) is 0 Å². The molecule has 0 fully saturated rings. The molecule has 0 heterocycles. The van der Waals surface area contributed by atoms with Crippen LogP contribution in [0.3, 0.4) is 0 Å². The zero-order valence-corrected chi connectivity index (χ0v) is 13.4. The van der Waals surface area contributed by atoms with Crippen molar-refractivity contribution in [2.75, 3.05) is 19.7 Å². The number of alkyl halides is 2. The van der Waals surface area contributed by atoms with Crippen molar-refractivity contribution in [3.63, 3.8) is 0 Å². The van der Waals surface area contributed by atoms with Crippen molar-refractivity contribution in [1.29, 1.82) is 0 Å². The monoisotopic (exact) mass is 336 g/mol. The number of unbranched alkanes of at least 4 members (excludes halogenated alkanes) is 2. The van der Waals surface area contributed by atoms with Crippen LogP contribution in [0.5, 0.6) is 5.75 Å². The second-order valence-electron chi connectivity index (χ2n) is 4.82. The van der Waals surface area contributed by atoms with E-state index in [1.807, 2.05) is 0 Å². The van der Waals surface area contributed by atoms with Gasteiger partial charge >= 0.3 is 0 Å². The number of rotatable bonds is 9. The van der Waals surface area contributed by atoms with Crippen LogP contribution >= 0.6 is 12.4 Å². The lowest BCUT2D eigenvalue weighted by Crippen LogP contribution is -2.41. The minimum atomic E-state index is -3.09. The molecule has 0 aromatic heterocycles. The first-order valence-electron chi connectivity index (χ1n) is 7.07. The third-order valence-corrected chi connectivity index (χ3v) is 2.94. The summed E-state index contributed by atoms with van der Waals surface area (Å²) in [7, 11) is 0. The number of benzene rings is 1. The van der Waals surface area contributed by atoms with Crippen molar-refractivity contribution < 1.29 is 18.3 Å². The zero-order chi connectivity index (χ0) is 15.7. The van der Waals surface area contributed by atoms with Crippen LogP contribution < -0.4 is 15.8 Å².